The van der Waals surface area contributed by atoms with Crippen LogP contribution in [0.15, 0.2) is 0 Å². The van der Waals surface area contributed by atoms with Gasteiger partial charge in [0.05, 0.1) is 0 Å². The first-order valence-corrected chi connectivity index (χ1v) is 7.95. The second kappa shape index (κ2) is 13.1. The Morgan fingerprint density at radius 1 is 0.889 bits per heavy atom. The van der Waals surface area contributed by atoms with Crippen molar-refractivity contribution in [2.24, 2.45) is 11.7 Å². The third kappa shape index (κ3) is 10.8. The summed E-state index contributed by atoms with van der Waals surface area (Å²) in [6.45, 7) is 4.68. The Morgan fingerprint density at radius 3 is 1.78 bits per heavy atom. The van der Waals surface area contributed by atoms with E-state index in [9.17, 15) is 4.79 Å². The van der Waals surface area contributed by atoms with Gasteiger partial charge in [0.2, 0.25) is 0 Å². The van der Waals surface area contributed by atoms with E-state index in [4.69, 9.17) is 5.73 Å². The molecule has 0 saturated heterocycles. The lowest BCUT2D eigenvalue weighted by Gasteiger charge is -2.06. The van der Waals surface area contributed by atoms with Crippen molar-refractivity contribution < 1.29 is 4.79 Å². The van der Waals surface area contributed by atoms with Crippen LogP contribution < -0.4 is 5.73 Å². The molecule has 18 heavy (non-hydrogen) atoms. The SMILES string of the molecule is CCCCCCCCCCCCC(=O)C(C)CN. The number of hydrogen-bond acceptors (Lipinski definition) is 2. The molecule has 2 N–H and O–H groups in total. The van der Waals surface area contributed by atoms with E-state index < -0.39 is 0 Å². The van der Waals surface area contributed by atoms with E-state index >= 15 is 0 Å². The van der Waals surface area contributed by atoms with E-state index in [1.807, 2.05) is 6.92 Å². The molecule has 0 aliphatic rings. The van der Waals surface area contributed by atoms with Crippen LogP contribution in [-0.4, -0.2) is 12.3 Å². The zero-order chi connectivity index (χ0) is 13.6. The van der Waals surface area contributed by atoms with E-state index in [0.717, 1.165) is 12.8 Å². The number of Topliss-reactive ketones (excluding diaryl/α,β-unsaturated/α-hetero) is 1. The molecule has 0 aromatic heterocycles. The highest BCUT2D eigenvalue weighted by molar-refractivity contribution is 5.80. The monoisotopic (exact) mass is 255 g/mol. The van der Waals surface area contributed by atoms with Crippen LogP contribution in [0.2, 0.25) is 0 Å². The van der Waals surface area contributed by atoms with Gasteiger partial charge in [-0.3, -0.25) is 4.79 Å². The van der Waals surface area contributed by atoms with Gasteiger partial charge < -0.3 is 5.73 Å². The molecule has 0 saturated carbocycles. The predicted octanol–water partition coefficient (Wildman–Crippen LogP) is 4.46. The number of carbonyl (C=O) groups excluding carboxylic acids is 1. The highest BCUT2D eigenvalue weighted by Crippen LogP contribution is 2.12. The zero-order valence-corrected chi connectivity index (χ0v) is 12.5. The maximum Gasteiger partial charge on any atom is 0.136 e. The third-order valence-electron chi connectivity index (χ3n) is 3.68. The van der Waals surface area contributed by atoms with Gasteiger partial charge in [0.15, 0.2) is 0 Å². The molecule has 0 aliphatic heterocycles. The Bertz CT molecular complexity index is 192. The number of unbranched alkanes of at least 4 members (excludes halogenated alkanes) is 9. The van der Waals surface area contributed by atoms with E-state index in [1.165, 1.54) is 57.8 Å². The first-order valence-electron chi connectivity index (χ1n) is 7.95. The summed E-state index contributed by atoms with van der Waals surface area (Å²) >= 11 is 0. The van der Waals surface area contributed by atoms with Crippen molar-refractivity contribution >= 4 is 5.78 Å². The second-order valence-corrected chi connectivity index (χ2v) is 5.54. The lowest BCUT2D eigenvalue weighted by atomic mass is 10.00. The summed E-state index contributed by atoms with van der Waals surface area (Å²) in [6.07, 6.45) is 13.9. The lowest BCUT2D eigenvalue weighted by molar-refractivity contribution is -0.122. The van der Waals surface area contributed by atoms with Gasteiger partial charge in [0.25, 0.3) is 0 Å². The molecular formula is C16H33NO. The van der Waals surface area contributed by atoms with Crippen molar-refractivity contribution in [3.63, 3.8) is 0 Å². The quantitative estimate of drug-likeness (QED) is 0.494. The molecule has 2 heteroatoms. The molecular weight excluding hydrogens is 222 g/mol. The van der Waals surface area contributed by atoms with Crippen LogP contribution in [0, 0.1) is 5.92 Å². The van der Waals surface area contributed by atoms with Gasteiger partial charge in [-0.05, 0) is 6.42 Å². The van der Waals surface area contributed by atoms with Crippen LogP contribution in [-0.2, 0) is 4.79 Å². The maximum atomic E-state index is 11.5. The molecule has 0 radical (unpaired) electrons. The normalized spacial score (nSPS) is 12.6. The van der Waals surface area contributed by atoms with E-state index in [1.54, 1.807) is 0 Å². The van der Waals surface area contributed by atoms with Gasteiger partial charge >= 0.3 is 0 Å². The van der Waals surface area contributed by atoms with E-state index in [2.05, 4.69) is 6.92 Å². The first kappa shape index (κ1) is 17.6. The average molecular weight is 255 g/mol. The molecule has 0 rings (SSSR count). The molecule has 0 aromatic rings. The van der Waals surface area contributed by atoms with Crippen LogP contribution >= 0.6 is 0 Å². The number of nitrogens with two attached hydrogens (primary N) is 1. The fourth-order valence-corrected chi connectivity index (χ4v) is 2.16. The lowest BCUT2D eigenvalue weighted by Crippen LogP contribution is -2.20. The number of ketones is 1. The van der Waals surface area contributed by atoms with Crippen molar-refractivity contribution in [1.29, 1.82) is 0 Å². The smallest absolute Gasteiger partial charge is 0.136 e. The first-order chi connectivity index (χ1) is 8.72. The number of carbonyl (C=O) groups is 1. The highest BCUT2D eigenvalue weighted by atomic mass is 16.1. The predicted molar refractivity (Wildman–Crippen MR) is 79.7 cm³/mol. The molecule has 0 bridgehead atoms. The summed E-state index contributed by atoms with van der Waals surface area (Å²) in [5.74, 6) is 0.403. The van der Waals surface area contributed by atoms with Gasteiger partial charge in [-0.25, -0.2) is 0 Å². The minimum absolute atomic E-state index is 0.0589. The van der Waals surface area contributed by atoms with E-state index in [-0.39, 0.29) is 5.92 Å². The molecule has 108 valence electrons. The molecule has 0 fully saturated rings. The molecule has 0 spiro atoms. The summed E-state index contributed by atoms with van der Waals surface area (Å²) in [5.41, 5.74) is 5.47. The number of rotatable bonds is 13. The molecule has 1 atom stereocenters. The van der Waals surface area contributed by atoms with Crippen molar-refractivity contribution in [3.05, 3.63) is 0 Å². The van der Waals surface area contributed by atoms with Crippen LogP contribution in [0.1, 0.15) is 84.5 Å². The molecule has 0 aromatic carbocycles. The number of hydrogen-bond donors (Lipinski definition) is 1. The Morgan fingerprint density at radius 2 is 1.33 bits per heavy atom. The Labute approximate surface area is 114 Å². The summed E-state index contributed by atoms with van der Waals surface area (Å²) in [4.78, 5) is 11.5. The highest BCUT2D eigenvalue weighted by Gasteiger charge is 2.09. The maximum absolute atomic E-state index is 11.5. The Kier molecular flexibility index (Phi) is 12.8. The summed E-state index contributed by atoms with van der Waals surface area (Å²) < 4.78 is 0. The second-order valence-electron chi connectivity index (χ2n) is 5.54. The van der Waals surface area contributed by atoms with Crippen LogP contribution in [0.4, 0.5) is 0 Å². The fraction of sp³-hybridized carbons (Fsp3) is 0.938. The molecule has 0 aliphatic carbocycles. The topological polar surface area (TPSA) is 43.1 Å². The van der Waals surface area contributed by atoms with Crippen LogP contribution in [0.25, 0.3) is 0 Å². The Hall–Kier alpha value is -0.370. The van der Waals surface area contributed by atoms with Crippen molar-refractivity contribution in [3.8, 4) is 0 Å². The Balaban J connectivity index is 3.14. The van der Waals surface area contributed by atoms with Crippen molar-refractivity contribution in [1.82, 2.24) is 0 Å². The molecule has 0 amide bonds. The fourth-order valence-electron chi connectivity index (χ4n) is 2.16. The van der Waals surface area contributed by atoms with Gasteiger partial charge in [0, 0.05) is 18.9 Å². The minimum atomic E-state index is 0.0589. The van der Waals surface area contributed by atoms with Gasteiger partial charge in [0.1, 0.15) is 5.78 Å². The van der Waals surface area contributed by atoms with Gasteiger partial charge in [-0.2, -0.15) is 0 Å². The zero-order valence-electron chi connectivity index (χ0n) is 12.5. The summed E-state index contributed by atoms with van der Waals surface area (Å²) in [5, 5.41) is 0. The van der Waals surface area contributed by atoms with Gasteiger partial charge in [-0.1, -0.05) is 71.6 Å². The summed E-state index contributed by atoms with van der Waals surface area (Å²) in [6, 6.07) is 0. The van der Waals surface area contributed by atoms with Crippen molar-refractivity contribution in [2.75, 3.05) is 6.54 Å². The van der Waals surface area contributed by atoms with Gasteiger partial charge in [-0.15, -0.1) is 0 Å². The molecule has 0 heterocycles. The van der Waals surface area contributed by atoms with E-state index in [0.29, 0.717) is 12.3 Å². The summed E-state index contributed by atoms with van der Waals surface area (Å²) in [7, 11) is 0. The minimum Gasteiger partial charge on any atom is -0.330 e. The largest absolute Gasteiger partial charge is 0.330 e. The third-order valence-corrected chi connectivity index (χ3v) is 3.68. The van der Waals surface area contributed by atoms with Crippen LogP contribution in [0.3, 0.4) is 0 Å². The standard InChI is InChI=1S/C16H33NO/c1-3-4-5-6-7-8-9-10-11-12-13-16(18)15(2)14-17/h15H,3-14,17H2,1-2H3. The average Bonchev–Trinajstić information content (AvgIpc) is 2.39. The van der Waals surface area contributed by atoms with Crippen LogP contribution in [0.5, 0.6) is 0 Å². The molecule has 2 nitrogen and oxygen atoms in total. The molecule has 1 unspecified atom stereocenters. The van der Waals surface area contributed by atoms with Crippen molar-refractivity contribution in [2.45, 2.75) is 84.5 Å².